The Hall–Kier alpha value is -2.71. The number of halogens is 2. The molecular weight excluding hydrogens is 428 g/mol. The molecule has 0 bridgehead atoms. The number of hydrogen-bond donors (Lipinski definition) is 2. The number of likely N-dealkylation sites (tertiary alicyclic amines) is 1. The highest BCUT2D eigenvalue weighted by atomic mass is 19.1. The second kappa shape index (κ2) is 10.5. The summed E-state index contributed by atoms with van der Waals surface area (Å²) in [5.41, 5.74) is 1.49. The number of ether oxygens (including phenoxy) is 2. The molecule has 2 aliphatic heterocycles. The number of amides is 1. The first-order valence-corrected chi connectivity index (χ1v) is 11.5. The van der Waals surface area contributed by atoms with Gasteiger partial charge in [0.25, 0.3) is 0 Å². The van der Waals surface area contributed by atoms with Crippen molar-refractivity contribution in [2.75, 3.05) is 26.4 Å². The zero-order valence-electron chi connectivity index (χ0n) is 19.1. The highest BCUT2D eigenvalue weighted by Gasteiger charge is 2.36. The normalized spacial score (nSPS) is 19.9. The Morgan fingerprint density at radius 1 is 1.15 bits per heavy atom. The summed E-state index contributed by atoms with van der Waals surface area (Å²) in [5, 5.41) is 6.41. The third-order valence-electron chi connectivity index (χ3n) is 6.05. The van der Waals surface area contributed by atoms with Crippen LogP contribution >= 0.6 is 0 Å². The first kappa shape index (κ1) is 23.4. The average molecular weight is 460 g/mol. The zero-order chi connectivity index (χ0) is 23.4. The summed E-state index contributed by atoms with van der Waals surface area (Å²) in [4.78, 5) is 15.2. The van der Waals surface area contributed by atoms with Gasteiger partial charge in [-0.2, -0.15) is 0 Å². The van der Waals surface area contributed by atoms with Gasteiger partial charge in [0.15, 0.2) is 11.5 Å². The number of rotatable bonds is 9. The maximum atomic E-state index is 14.0. The lowest BCUT2D eigenvalue weighted by Crippen LogP contribution is -2.45. The van der Waals surface area contributed by atoms with Gasteiger partial charge in [0.2, 0.25) is 12.7 Å². The van der Waals surface area contributed by atoms with Gasteiger partial charge >= 0.3 is 0 Å². The van der Waals surface area contributed by atoms with E-state index in [0.717, 1.165) is 29.7 Å². The Balaban J connectivity index is 1.30. The molecule has 4 rings (SSSR count). The molecule has 33 heavy (non-hydrogen) atoms. The molecule has 6 nitrogen and oxygen atoms in total. The predicted molar refractivity (Wildman–Crippen MR) is 121 cm³/mol. The Morgan fingerprint density at radius 2 is 1.97 bits per heavy atom. The maximum absolute atomic E-state index is 14.0. The van der Waals surface area contributed by atoms with Crippen LogP contribution in [0.3, 0.4) is 0 Å². The van der Waals surface area contributed by atoms with Crippen molar-refractivity contribution >= 4 is 5.91 Å². The van der Waals surface area contributed by atoms with E-state index in [0.29, 0.717) is 44.0 Å². The summed E-state index contributed by atoms with van der Waals surface area (Å²) >= 11 is 0. The molecule has 0 radical (unpaired) electrons. The minimum Gasteiger partial charge on any atom is -0.454 e. The van der Waals surface area contributed by atoms with Gasteiger partial charge in [-0.3, -0.25) is 9.69 Å². The van der Waals surface area contributed by atoms with Crippen LogP contribution in [-0.4, -0.2) is 49.3 Å². The van der Waals surface area contributed by atoms with Crippen LogP contribution in [-0.2, 0) is 17.8 Å². The van der Waals surface area contributed by atoms with Crippen LogP contribution in [0.5, 0.6) is 11.5 Å². The Labute approximate surface area is 193 Å². The van der Waals surface area contributed by atoms with E-state index in [4.69, 9.17) is 9.47 Å². The van der Waals surface area contributed by atoms with Gasteiger partial charge in [-0.25, -0.2) is 8.78 Å². The standard InChI is InChI=1S/C25H31F2N3O3/c1-16(2)13-30-14-20(29-12-18-4-5-19(26)10-21(18)27)11-22(30)25(31)28-8-7-17-3-6-23-24(9-17)33-15-32-23/h3-6,9-10,16,20,22,29H,7-8,11-15H2,1-2H3,(H,28,31)/t20-,22+/m1/s1. The molecule has 8 heteroatoms. The molecule has 2 aliphatic rings. The average Bonchev–Trinajstić information content (AvgIpc) is 3.39. The van der Waals surface area contributed by atoms with Crippen LogP contribution in [0.25, 0.3) is 0 Å². The second-order valence-electron chi connectivity index (χ2n) is 9.14. The number of carbonyl (C=O) groups is 1. The van der Waals surface area contributed by atoms with Crippen molar-refractivity contribution in [3.8, 4) is 11.5 Å². The highest BCUT2D eigenvalue weighted by Crippen LogP contribution is 2.32. The van der Waals surface area contributed by atoms with Gasteiger partial charge in [-0.15, -0.1) is 0 Å². The van der Waals surface area contributed by atoms with E-state index in [9.17, 15) is 13.6 Å². The van der Waals surface area contributed by atoms with E-state index >= 15 is 0 Å². The summed E-state index contributed by atoms with van der Waals surface area (Å²) in [5.74, 6) is 0.771. The molecule has 0 spiro atoms. The number of nitrogens with zero attached hydrogens (tertiary/aromatic N) is 1. The quantitative estimate of drug-likeness (QED) is 0.603. The maximum Gasteiger partial charge on any atom is 0.237 e. The Bertz CT molecular complexity index is 985. The number of benzene rings is 2. The van der Waals surface area contributed by atoms with Crippen LogP contribution in [0.15, 0.2) is 36.4 Å². The van der Waals surface area contributed by atoms with Crippen molar-refractivity contribution in [1.29, 1.82) is 0 Å². The van der Waals surface area contributed by atoms with Gasteiger partial charge in [0.05, 0.1) is 6.04 Å². The molecular formula is C25H31F2N3O3. The van der Waals surface area contributed by atoms with Crippen molar-refractivity contribution in [3.05, 3.63) is 59.2 Å². The monoisotopic (exact) mass is 459 g/mol. The number of hydrogen-bond acceptors (Lipinski definition) is 5. The fraction of sp³-hybridized carbons (Fsp3) is 0.480. The molecule has 0 unspecified atom stereocenters. The van der Waals surface area contributed by atoms with Gasteiger partial charge in [-0.1, -0.05) is 26.0 Å². The summed E-state index contributed by atoms with van der Waals surface area (Å²) in [6, 6.07) is 9.25. The van der Waals surface area contributed by atoms with Crippen LogP contribution in [0.1, 0.15) is 31.4 Å². The summed E-state index contributed by atoms with van der Waals surface area (Å²) in [6.07, 6.45) is 1.34. The van der Waals surface area contributed by atoms with E-state index in [1.165, 1.54) is 12.1 Å². The lowest BCUT2D eigenvalue weighted by molar-refractivity contribution is -0.125. The molecule has 0 saturated carbocycles. The van der Waals surface area contributed by atoms with Crippen molar-refractivity contribution < 1.29 is 23.0 Å². The molecule has 1 amide bonds. The molecule has 2 aromatic carbocycles. The highest BCUT2D eigenvalue weighted by molar-refractivity contribution is 5.82. The Morgan fingerprint density at radius 3 is 2.76 bits per heavy atom. The molecule has 0 aromatic heterocycles. The summed E-state index contributed by atoms with van der Waals surface area (Å²) in [6.45, 7) is 6.84. The van der Waals surface area contributed by atoms with E-state index in [-0.39, 0.29) is 24.8 Å². The second-order valence-corrected chi connectivity index (χ2v) is 9.14. The first-order valence-electron chi connectivity index (χ1n) is 11.5. The third-order valence-corrected chi connectivity index (χ3v) is 6.05. The fourth-order valence-electron chi connectivity index (χ4n) is 4.46. The van der Waals surface area contributed by atoms with Crippen LogP contribution in [0, 0.1) is 17.6 Å². The first-order chi connectivity index (χ1) is 15.9. The van der Waals surface area contributed by atoms with Crippen molar-refractivity contribution in [3.63, 3.8) is 0 Å². The fourth-order valence-corrected chi connectivity index (χ4v) is 4.46. The lowest BCUT2D eigenvalue weighted by atomic mass is 10.1. The van der Waals surface area contributed by atoms with Crippen LogP contribution in [0.4, 0.5) is 8.78 Å². The molecule has 2 aromatic rings. The van der Waals surface area contributed by atoms with Crippen LogP contribution < -0.4 is 20.1 Å². The largest absolute Gasteiger partial charge is 0.454 e. The third kappa shape index (κ3) is 6.00. The molecule has 2 heterocycles. The lowest BCUT2D eigenvalue weighted by Gasteiger charge is -2.25. The number of fused-ring (bicyclic) bond motifs is 1. The van der Waals surface area contributed by atoms with Gasteiger partial charge in [0.1, 0.15) is 11.6 Å². The van der Waals surface area contributed by atoms with Crippen LogP contribution in [0.2, 0.25) is 0 Å². The van der Waals surface area contributed by atoms with Crippen molar-refractivity contribution in [2.45, 2.75) is 45.3 Å². The SMILES string of the molecule is CC(C)CN1C[C@H](NCc2ccc(F)cc2F)C[C@H]1C(=O)NCCc1ccc2c(c1)OCO2. The molecule has 2 N–H and O–H groups in total. The predicted octanol–water partition coefficient (Wildman–Crippen LogP) is 3.24. The van der Waals surface area contributed by atoms with Gasteiger partial charge < -0.3 is 20.1 Å². The molecule has 1 saturated heterocycles. The number of nitrogens with one attached hydrogen (secondary N) is 2. The molecule has 0 aliphatic carbocycles. The van der Waals surface area contributed by atoms with Crippen molar-refractivity contribution in [1.82, 2.24) is 15.5 Å². The molecule has 178 valence electrons. The minimum atomic E-state index is -0.585. The van der Waals surface area contributed by atoms with Gasteiger partial charge in [0, 0.05) is 43.9 Å². The van der Waals surface area contributed by atoms with E-state index in [1.54, 1.807) is 0 Å². The topological polar surface area (TPSA) is 62.8 Å². The molecule has 2 atom stereocenters. The van der Waals surface area contributed by atoms with Gasteiger partial charge in [-0.05, 0) is 42.5 Å². The smallest absolute Gasteiger partial charge is 0.237 e. The van der Waals surface area contributed by atoms with Crippen molar-refractivity contribution in [2.24, 2.45) is 5.92 Å². The van der Waals surface area contributed by atoms with E-state index < -0.39 is 11.6 Å². The van der Waals surface area contributed by atoms with E-state index in [1.807, 2.05) is 18.2 Å². The molecule has 1 fully saturated rings. The zero-order valence-corrected chi connectivity index (χ0v) is 19.1. The number of carbonyl (C=O) groups excluding carboxylic acids is 1. The summed E-state index contributed by atoms with van der Waals surface area (Å²) < 4.78 is 37.9. The minimum absolute atomic E-state index is 0.00801. The summed E-state index contributed by atoms with van der Waals surface area (Å²) in [7, 11) is 0. The van der Waals surface area contributed by atoms with E-state index in [2.05, 4.69) is 29.4 Å². The Kier molecular flexibility index (Phi) is 7.45.